The molecule has 6 heteroatoms. The van der Waals surface area contributed by atoms with Gasteiger partial charge in [-0.05, 0) is 38.1 Å². The SMILES string of the molecule is Cc1c(C(C)NC(=O)C(C)CN)cnn1-c1ccc(F)cc1. The van der Waals surface area contributed by atoms with E-state index in [2.05, 4.69) is 10.4 Å². The molecule has 2 unspecified atom stereocenters. The molecule has 2 atom stereocenters. The smallest absolute Gasteiger partial charge is 0.224 e. The predicted molar refractivity (Wildman–Crippen MR) is 83.0 cm³/mol. The molecule has 1 heterocycles. The van der Waals surface area contributed by atoms with Gasteiger partial charge in [0.1, 0.15) is 5.82 Å². The quantitative estimate of drug-likeness (QED) is 0.888. The van der Waals surface area contributed by atoms with Gasteiger partial charge >= 0.3 is 0 Å². The summed E-state index contributed by atoms with van der Waals surface area (Å²) in [5, 5.41) is 7.26. The fraction of sp³-hybridized carbons (Fsp3) is 0.375. The maximum absolute atomic E-state index is 13.0. The molecule has 0 fully saturated rings. The molecule has 22 heavy (non-hydrogen) atoms. The predicted octanol–water partition coefficient (Wildman–Crippen LogP) is 2.09. The molecule has 2 aromatic rings. The third-order valence-corrected chi connectivity index (χ3v) is 3.75. The summed E-state index contributed by atoms with van der Waals surface area (Å²) in [6, 6.07) is 5.95. The van der Waals surface area contributed by atoms with Crippen molar-refractivity contribution < 1.29 is 9.18 Å². The first kappa shape index (κ1) is 16.2. The van der Waals surface area contributed by atoms with Crippen LogP contribution in [0, 0.1) is 18.7 Å². The second-order valence-electron chi connectivity index (χ2n) is 5.44. The Kier molecular flexibility index (Phi) is 4.92. The van der Waals surface area contributed by atoms with Gasteiger partial charge in [0.15, 0.2) is 0 Å². The van der Waals surface area contributed by atoms with Gasteiger partial charge in [-0.3, -0.25) is 4.79 Å². The standard InChI is InChI=1S/C16H21FN4O/c1-10(8-18)16(22)20-11(2)15-9-19-21(12(15)3)14-6-4-13(17)5-7-14/h4-7,9-11H,8,18H2,1-3H3,(H,20,22). The molecular weight excluding hydrogens is 283 g/mol. The van der Waals surface area contributed by atoms with E-state index in [4.69, 9.17) is 5.73 Å². The Labute approximate surface area is 129 Å². The van der Waals surface area contributed by atoms with E-state index >= 15 is 0 Å². The molecule has 0 aliphatic rings. The maximum Gasteiger partial charge on any atom is 0.224 e. The summed E-state index contributed by atoms with van der Waals surface area (Å²) in [5.41, 5.74) is 8.10. The number of nitrogens with one attached hydrogen (secondary N) is 1. The van der Waals surface area contributed by atoms with Gasteiger partial charge < -0.3 is 11.1 Å². The Morgan fingerprint density at radius 1 is 1.36 bits per heavy atom. The van der Waals surface area contributed by atoms with Crippen molar-refractivity contribution in [3.8, 4) is 5.69 Å². The van der Waals surface area contributed by atoms with Crippen LogP contribution in [0.1, 0.15) is 31.1 Å². The topological polar surface area (TPSA) is 72.9 Å². The van der Waals surface area contributed by atoms with Crippen LogP contribution in [0.5, 0.6) is 0 Å². The lowest BCUT2D eigenvalue weighted by Gasteiger charge is -2.16. The molecule has 5 nitrogen and oxygen atoms in total. The van der Waals surface area contributed by atoms with E-state index in [0.717, 1.165) is 16.9 Å². The zero-order valence-corrected chi connectivity index (χ0v) is 13.0. The zero-order valence-electron chi connectivity index (χ0n) is 13.0. The molecule has 3 N–H and O–H groups in total. The number of carbonyl (C=O) groups is 1. The Morgan fingerprint density at radius 3 is 2.59 bits per heavy atom. The monoisotopic (exact) mass is 304 g/mol. The number of hydrogen-bond donors (Lipinski definition) is 2. The summed E-state index contributed by atoms with van der Waals surface area (Å²) < 4.78 is 14.7. The minimum Gasteiger partial charge on any atom is -0.349 e. The Balaban J connectivity index is 2.20. The van der Waals surface area contributed by atoms with Gasteiger partial charge in [0.25, 0.3) is 0 Å². The fourth-order valence-electron chi connectivity index (χ4n) is 2.23. The highest BCUT2D eigenvalue weighted by Crippen LogP contribution is 2.20. The summed E-state index contributed by atoms with van der Waals surface area (Å²) in [5.74, 6) is -0.594. The third kappa shape index (κ3) is 3.33. The van der Waals surface area contributed by atoms with Crippen molar-refractivity contribution in [2.45, 2.75) is 26.8 Å². The zero-order chi connectivity index (χ0) is 16.3. The van der Waals surface area contributed by atoms with Crippen LogP contribution < -0.4 is 11.1 Å². The van der Waals surface area contributed by atoms with Crippen LogP contribution in [0.3, 0.4) is 0 Å². The van der Waals surface area contributed by atoms with Crippen molar-refractivity contribution in [2.75, 3.05) is 6.54 Å². The van der Waals surface area contributed by atoms with Crippen LogP contribution in [-0.4, -0.2) is 22.2 Å². The van der Waals surface area contributed by atoms with Crippen molar-refractivity contribution in [3.63, 3.8) is 0 Å². The van der Waals surface area contributed by atoms with E-state index in [0.29, 0.717) is 6.54 Å². The van der Waals surface area contributed by atoms with Gasteiger partial charge in [-0.15, -0.1) is 0 Å². The number of amides is 1. The van der Waals surface area contributed by atoms with E-state index in [1.54, 1.807) is 29.9 Å². The number of nitrogens with zero attached hydrogens (tertiary/aromatic N) is 2. The van der Waals surface area contributed by atoms with Crippen LogP contribution in [0.4, 0.5) is 4.39 Å². The van der Waals surface area contributed by atoms with E-state index in [1.165, 1.54) is 12.1 Å². The number of carbonyl (C=O) groups excluding carboxylic acids is 1. The normalized spacial score (nSPS) is 13.7. The molecule has 0 saturated heterocycles. The van der Waals surface area contributed by atoms with E-state index < -0.39 is 0 Å². The van der Waals surface area contributed by atoms with Crippen LogP contribution in [0.15, 0.2) is 30.5 Å². The fourth-order valence-corrected chi connectivity index (χ4v) is 2.23. The number of rotatable bonds is 5. The average Bonchev–Trinajstić information content (AvgIpc) is 2.89. The van der Waals surface area contributed by atoms with Crippen LogP contribution in [0.2, 0.25) is 0 Å². The van der Waals surface area contributed by atoms with Crippen molar-refractivity contribution >= 4 is 5.91 Å². The first-order valence-electron chi connectivity index (χ1n) is 7.25. The van der Waals surface area contributed by atoms with Gasteiger partial charge in [-0.2, -0.15) is 5.10 Å². The number of hydrogen-bond acceptors (Lipinski definition) is 3. The summed E-state index contributed by atoms with van der Waals surface area (Å²) >= 11 is 0. The molecule has 0 radical (unpaired) electrons. The first-order chi connectivity index (χ1) is 10.4. The first-order valence-corrected chi connectivity index (χ1v) is 7.25. The largest absolute Gasteiger partial charge is 0.349 e. The molecule has 0 saturated carbocycles. The van der Waals surface area contributed by atoms with Crippen LogP contribution in [-0.2, 0) is 4.79 Å². The van der Waals surface area contributed by atoms with Crippen LogP contribution >= 0.6 is 0 Å². The molecule has 0 bridgehead atoms. The highest BCUT2D eigenvalue weighted by atomic mass is 19.1. The van der Waals surface area contributed by atoms with E-state index in [1.807, 2.05) is 13.8 Å². The number of aromatic nitrogens is 2. The van der Waals surface area contributed by atoms with Gasteiger partial charge in [-0.25, -0.2) is 9.07 Å². The Hall–Kier alpha value is -2.21. The molecule has 0 aliphatic heterocycles. The summed E-state index contributed by atoms with van der Waals surface area (Å²) in [7, 11) is 0. The molecule has 1 aromatic heterocycles. The van der Waals surface area contributed by atoms with Crippen molar-refractivity contribution in [2.24, 2.45) is 11.7 Å². The molecule has 1 amide bonds. The van der Waals surface area contributed by atoms with Gasteiger partial charge in [0.05, 0.1) is 17.9 Å². The van der Waals surface area contributed by atoms with Gasteiger partial charge in [0, 0.05) is 23.7 Å². The molecule has 1 aromatic carbocycles. The molecular formula is C16H21FN4O. The molecule has 0 aliphatic carbocycles. The average molecular weight is 304 g/mol. The second-order valence-corrected chi connectivity index (χ2v) is 5.44. The highest BCUT2D eigenvalue weighted by molar-refractivity contribution is 5.78. The van der Waals surface area contributed by atoms with E-state index in [-0.39, 0.29) is 23.7 Å². The van der Waals surface area contributed by atoms with Crippen molar-refractivity contribution in [1.29, 1.82) is 0 Å². The lowest BCUT2D eigenvalue weighted by Crippen LogP contribution is -2.35. The molecule has 0 spiro atoms. The number of nitrogens with two attached hydrogens (primary N) is 1. The lowest BCUT2D eigenvalue weighted by molar-refractivity contribution is -0.124. The van der Waals surface area contributed by atoms with Crippen LogP contribution in [0.25, 0.3) is 5.69 Å². The third-order valence-electron chi connectivity index (χ3n) is 3.75. The lowest BCUT2D eigenvalue weighted by atomic mass is 10.1. The minimum atomic E-state index is -0.287. The summed E-state index contributed by atoms with van der Waals surface area (Å²) in [6.45, 7) is 5.92. The molecule has 118 valence electrons. The van der Waals surface area contributed by atoms with Gasteiger partial charge in [0.2, 0.25) is 5.91 Å². The Morgan fingerprint density at radius 2 is 2.00 bits per heavy atom. The maximum atomic E-state index is 13.0. The Bertz CT molecular complexity index is 651. The summed E-state index contributed by atoms with van der Waals surface area (Å²) in [6.07, 6.45) is 1.72. The van der Waals surface area contributed by atoms with Crippen molar-refractivity contribution in [3.05, 3.63) is 47.5 Å². The molecule has 2 rings (SSSR count). The highest BCUT2D eigenvalue weighted by Gasteiger charge is 2.18. The second kappa shape index (κ2) is 6.70. The van der Waals surface area contributed by atoms with E-state index in [9.17, 15) is 9.18 Å². The van der Waals surface area contributed by atoms with Crippen molar-refractivity contribution in [1.82, 2.24) is 15.1 Å². The number of halogens is 1. The van der Waals surface area contributed by atoms with Gasteiger partial charge in [-0.1, -0.05) is 6.92 Å². The number of benzene rings is 1. The summed E-state index contributed by atoms with van der Waals surface area (Å²) in [4.78, 5) is 11.9. The minimum absolute atomic E-state index is 0.0797.